The van der Waals surface area contributed by atoms with E-state index in [1.165, 1.54) is 13.3 Å². The molecule has 0 saturated carbocycles. The van der Waals surface area contributed by atoms with Gasteiger partial charge in [0, 0.05) is 19.6 Å². The lowest BCUT2D eigenvalue weighted by molar-refractivity contribution is 0.0131. The Labute approximate surface area is 118 Å². The molecule has 20 heavy (non-hydrogen) atoms. The van der Waals surface area contributed by atoms with E-state index in [4.69, 9.17) is 10.8 Å². The van der Waals surface area contributed by atoms with Gasteiger partial charge in [0.2, 0.25) is 17.8 Å². The topological polar surface area (TPSA) is 120 Å². The first-order valence-electron chi connectivity index (χ1n) is 6.84. The van der Waals surface area contributed by atoms with E-state index in [1.54, 1.807) is 0 Å². The van der Waals surface area contributed by atoms with Crippen LogP contribution in [0.15, 0.2) is 0 Å². The molecule has 1 atom stereocenters. The van der Waals surface area contributed by atoms with Crippen molar-refractivity contribution in [2.45, 2.75) is 31.8 Å². The highest BCUT2D eigenvalue weighted by molar-refractivity contribution is 5.42. The fourth-order valence-corrected chi connectivity index (χ4v) is 2.02. The van der Waals surface area contributed by atoms with Crippen LogP contribution in [0.2, 0.25) is 0 Å². The Kier molecular flexibility index (Phi) is 4.56. The van der Waals surface area contributed by atoms with Gasteiger partial charge in [-0.25, -0.2) is 0 Å². The summed E-state index contributed by atoms with van der Waals surface area (Å²) in [5.41, 5.74) is 4.47. The van der Waals surface area contributed by atoms with Gasteiger partial charge in [-0.05, 0) is 26.2 Å². The molecule has 2 rings (SSSR count). The predicted molar refractivity (Wildman–Crippen MR) is 76.5 cm³/mol. The molecule has 8 nitrogen and oxygen atoms in total. The summed E-state index contributed by atoms with van der Waals surface area (Å²) in [6.45, 7) is 3.14. The number of piperidine rings is 1. The van der Waals surface area contributed by atoms with E-state index in [1.807, 2.05) is 0 Å². The Hall–Kier alpha value is -1.67. The third-order valence-corrected chi connectivity index (χ3v) is 3.25. The molecule has 0 spiro atoms. The molecule has 8 heteroatoms. The van der Waals surface area contributed by atoms with E-state index in [0.29, 0.717) is 11.9 Å². The van der Waals surface area contributed by atoms with Crippen LogP contribution in [0.4, 0.5) is 17.8 Å². The fourth-order valence-electron chi connectivity index (χ4n) is 2.02. The van der Waals surface area contributed by atoms with E-state index in [0.717, 1.165) is 25.9 Å². The van der Waals surface area contributed by atoms with E-state index in [9.17, 15) is 5.11 Å². The summed E-state index contributed by atoms with van der Waals surface area (Å²) < 4.78 is 0. The number of hydrogen-bond donors (Lipinski definition) is 4. The number of anilines is 3. The van der Waals surface area contributed by atoms with Gasteiger partial charge in [0.05, 0.1) is 6.61 Å². The lowest BCUT2D eigenvalue weighted by Gasteiger charge is -2.27. The predicted octanol–water partition coefficient (Wildman–Crippen LogP) is -0.401. The Morgan fingerprint density at radius 2 is 1.95 bits per heavy atom. The molecule has 0 aromatic carbocycles. The number of aliphatic hydroxyl groups excluding tert-OH is 1. The largest absolute Gasteiger partial charge is 0.393 e. The van der Waals surface area contributed by atoms with E-state index >= 15 is 0 Å². The number of aromatic nitrogens is 3. The van der Waals surface area contributed by atoms with Crippen molar-refractivity contribution >= 4 is 17.8 Å². The van der Waals surface area contributed by atoms with Crippen LogP contribution in [-0.2, 0) is 0 Å². The molecule has 0 bridgehead atoms. The summed E-state index contributed by atoms with van der Waals surface area (Å²) in [6, 6.07) is 0. The molecule has 1 aliphatic rings. The van der Waals surface area contributed by atoms with Crippen molar-refractivity contribution in [2.75, 3.05) is 42.2 Å². The van der Waals surface area contributed by atoms with Gasteiger partial charge in [0.25, 0.3) is 0 Å². The van der Waals surface area contributed by atoms with E-state index in [-0.39, 0.29) is 19.1 Å². The molecule has 112 valence electrons. The molecule has 1 saturated heterocycles. The van der Waals surface area contributed by atoms with E-state index in [2.05, 4.69) is 25.2 Å². The highest BCUT2D eigenvalue weighted by atomic mass is 16.3. The van der Waals surface area contributed by atoms with Crippen molar-refractivity contribution in [2.24, 2.45) is 0 Å². The highest BCUT2D eigenvalue weighted by Crippen LogP contribution is 2.17. The number of nitrogens with zero attached hydrogens (tertiary/aromatic N) is 4. The molecule has 1 aromatic heterocycles. The second kappa shape index (κ2) is 6.19. The van der Waals surface area contributed by atoms with Crippen LogP contribution >= 0.6 is 0 Å². The number of hydrogen-bond acceptors (Lipinski definition) is 8. The molecule has 1 aromatic rings. The van der Waals surface area contributed by atoms with Crippen LogP contribution in [0.1, 0.15) is 26.2 Å². The minimum absolute atomic E-state index is 0.131. The van der Waals surface area contributed by atoms with Crippen molar-refractivity contribution in [3.05, 3.63) is 0 Å². The molecular weight excluding hydrogens is 260 g/mol. The summed E-state index contributed by atoms with van der Waals surface area (Å²) >= 11 is 0. The van der Waals surface area contributed by atoms with Crippen LogP contribution in [-0.4, -0.2) is 57.0 Å². The molecule has 1 aliphatic heterocycles. The summed E-state index contributed by atoms with van der Waals surface area (Å²) in [7, 11) is 0. The first kappa shape index (κ1) is 14.7. The van der Waals surface area contributed by atoms with Gasteiger partial charge in [-0.1, -0.05) is 0 Å². The fraction of sp³-hybridized carbons (Fsp3) is 0.750. The van der Waals surface area contributed by atoms with Crippen molar-refractivity contribution < 1.29 is 10.2 Å². The van der Waals surface area contributed by atoms with Crippen LogP contribution in [0.3, 0.4) is 0 Å². The Balaban J connectivity index is 2.08. The Morgan fingerprint density at radius 1 is 1.25 bits per heavy atom. The maximum atomic E-state index is 9.75. The van der Waals surface area contributed by atoms with Crippen LogP contribution < -0.4 is 16.0 Å². The summed E-state index contributed by atoms with van der Waals surface area (Å²) in [6.07, 6.45) is 3.46. The quantitative estimate of drug-likeness (QED) is 0.575. The van der Waals surface area contributed by atoms with Gasteiger partial charge >= 0.3 is 0 Å². The van der Waals surface area contributed by atoms with Crippen molar-refractivity contribution in [3.8, 4) is 0 Å². The number of aliphatic hydroxyl groups is 2. The van der Waals surface area contributed by atoms with Crippen molar-refractivity contribution in [1.29, 1.82) is 0 Å². The summed E-state index contributed by atoms with van der Waals surface area (Å²) in [5.74, 6) is 1.02. The molecular formula is C12H22N6O2. The molecule has 0 amide bonds. The van der Waals surface area contributed by atoms with Gasteiger partial charge in [-0.15, -0.1) is 0 Å². The normalized spacial score (nSPS) is 18.6. The van der Waals surface area contributed by atoms with Gasteiger partial charge in [-0.2, -0.15) is 15.0 Å². The molecule has 1 unspecified atom stereocenters. The molecule has 2 heterocycles. The van der Waals surface area contributed by atoms with Gasteiger partial charge in [0.15, 0.2) is 0 Å². The van der Waals surface area contributed by atoms with Gasteiger partial charge < -0.3 is 26.2 Å². The third-order valence-electron chi connectivity index (χ3n) is 3.25. The second-order valence-electron chi connectivity index (χ2n) is 5.37. The standard InChI is InChI=1S/C12H22N6O2/c1-12(20,8-19)7-14-10-15-9(13)16-11(17-10)18-5-3-2-4-6-18/h19-20H,2-8H2,1H3,(H3,13,14,15,16,17). The second-order valence-corrected chi connectivity index (χ2v) is 5.37. The minimum atomic E-state index is -1.23. The lowest BCUT2D eigenvalue weighted by Crippen LogP contribution is -2.38. The number of nitrogen functional groups attached to an aromatic ring is 1. The zero-order chi connectivity index (χ0) is 14.6. The SMILES string of the molecule is CC(O)(CO)CNc1nc(N)nc(N2CCCCC2)n1. The Morgan fingerprint density at radius 3 is 2.60 bits per heavy atom. The van der Waals surface area contributed by atoms with Crippen molar-refractivity contribution in [1.82, 2.24) is 15.0 Å². The maximum absolute atomic E-state index is 9.75. The van der Waals surface area contributed by atoms with Crippen LogP contribution in [0, 0.1) is 0 Å². The smallest absolute Gasteiger partial charge is 0.231 e. The average Bonchev–Trinajstić information content (AvgIpc) is 2.46. The zero-order valence-electron chi connectivity index (χ0n) is 11.7. The molecule has 5 N–H and O–H groups in total. The maximum Gasteiger partial charge on any atom is 0.231 e. The van der Waals surface area contributed by atoms with Crippen molar-refractivity contribution in [3.63, 3.8) is 0 Å². The monoisotopic (exact) mass is 282 g/mol. The van der Waals surface area contributed by atoms with E-state index < -0.39 is 5.60 Å². The lowest BCUT2D eigenvalue weighted by atomic mass is 10.1. The first-order valence-corrected chi connectivity index (χ1v) is 6.84. The van der Waals surface area contributed by atoms with Crippen LogP contribution in [0.5, 0.6) is 0 Å². The number of nitrogens with one attached hydrogen (secondary N) is 1. The third kappa shape index (κ3) is 3.91. The Bertz CT molecular complexity index is 448. The molecule has 0 aliphatic carbocycles. The average molecular weight is 282 g/mol. The first-order chi connectivity index (χ1) is 9.50. The minimum Gasteiger partial charge on any atom is -0.393 e. The number of rotatable bonds is 5. The molecule has 0 radical (unpaired) electrons. The summed E-state index contributed by atoms with van der Waals surface area (Å²) in [4.78, 5) is 14.5. The number of nitrogens with two attached hydrogens (primary N) is 1. The van der Waals surface area contributed by atoms with Gasteiger partial charge in [0.1, 0.15) is 5.60 Å². The molecule has 1 fully saturated rings. The summed E-state index contributed by atoms with van der Waals surface area (Å²) in [5, 5.41) is 21.6. The van der Waals surface area contributed by atoms with Gasteiger partial charge in [-0.3, -0.25) is 0 Å². The zero-order valence-corrected chi connectivity index (χ0v) is 11.7. The highest BCUT2D eigenvalue weighted by Gasteiger charge is 2.20. The van der Waals surface area contributed by atoms with Crippen LogP contribution in [0.25, 0.3) is 0 Å².